The normalized spacial score (nSPS) is 10.9. The van der Waals surface area contributed by atoms with Gasteiger partial charge >= 0.3 is 0 Å². The van der Waals surface area contributed by atoms with E-state index < -0.39 is 17.6 Å². The highest BCUT2D eigenvalue weighted by Gasteiger charge is 2.17. The number of carbonyl (C=O) groups excluding carboxylic acids is 2. The number of carbonyl (C=O) groups is 2. The number of rotatable bonds is 8. The molecule has 4 aromatic carbocycles. The largest absolute Gasteiger partial charge is 0.347 e. The van der Waals surface area contributed by atoms with Crippen molar-refractivity contribution in [1.82, 2.24) is 10.6 Å². The zero-order valence-corrected chi connectivity index (χ0v) is 22.2. The van der Waals surface area contributed by atoms with Crippen LogP contribution in [-0.2, 0) is 11.3 Å². The van der Waals surface area contributed by atoms with Gasteiger partial charge in [0.1, 0.15) is 11.5 Å². The number of para-hydroxylation sites is 2. The summed E-state index contributed by atoms with van der Waals surface area (Å²) < 4.78 is 14.5. The Morgan fingerprint density at radius 2 is 1.49 bits per heavy atom. The van der Waals surface area contributed by atoms with E-state index in [1.165, 1.54) is 24.3 Å². The van der Waals surface area contributed by atoms with E-state index in [0.29, 0.717) is 16.4 Å². The lowest BCUT2D eigenvalue weighted by molar-refractivity contribution is -0.117. The van der Waals surface area contributed by atoms with Crippen molar-refractivity contribution in [3.05, 3.63) is 136 Å². The number of amides is 2. The monoisotopic (exact) mass is 558 g/mol. The second-order valence-electron chi connectivity index (χ2n) is 8.30. The Morgan fingerprint density at radius 3 is 2.21 bits per heavy atom. The molecule has 0 fully saturated rings. The third-order valence-corrected chi connectivity index (χ3v) is 6.09. The summed E-state index contributed by atoms with van der Waals surface area (Å²) in [5, 5.41) is 12.1. The van der Waals surface area contributed by atoms with Crippen LogP contribution < -0.4 is 21.3 Å². The second-order valence-corrected chi connectivity index (χ2v) is 9.11. The molecule has 4 N–H and O–H groups in total. The number of hydrogen-bond acceptors (Lipinski definition) is 3. The number of thiocarbonyl (C=S) groups is 1. The van der Waals surface area contributed by atoms with Crippen LogP contribution in [0.4, 0.5) is 15.8 Å². The van der Waals surface area contributed by atoms with Crippen molar-refractivity contribution in [3.8, 4) is 0 Å². The highest BCUT2D eigenvalue weighted by atomic mass is 35.5. The van der Waals surface area contributed by atoms with E-state index in [-0.39, 0.29) is 22.8 Å². The Kier molecular flexibility index (Phi) is 9.39. The van der Waals surface area contributed by atoms with Crippen LogP contribution in [0.25, 0.3) is 6.08 Å². The number of hydrogen-bond donors (Lipinski definition) is 4. The van der Waals surface area contributed by atoms with Crippen molar-refractivity contribution >= 4 is 58.2 Å². The molecule has 6 nitrogen and oxygen atoms in total. The van der Waals surface area contributed by atoms with E-state index in [9.17, 15) is 14.0 Å². The molecular formula is C30H24ClFN4O2S. The van der Waals surface area contributed by atoms with Crippen LogP contribution in [0.1, 0.15) is 21.5 Å². The minimum absolute atomic E-state index is 0.0166. The first kappa shape index (κ1) is 27.5. The molecule has 9 heteroatoms. The molecule has 196 valence electrons. The van der Waals surface area contributed by atoms with Crippen molar-refractivity contribution in [2.45, 2.75) is 6.54 Å². The SMILES string of the molecule is O=C(NCc1ccccc1NC(=S)Nc1ccccc1)/C(=C/c1c(F)cccc1Cl)NC(=O)c1ccccc1. The molecule has 0 radical (unpaired) electrons. The van der Waals surface area contributed by atoms with Gasteiger partial charge in [0.05, 0.1) is 5.02 Å². The third kappa shape index (κ3) is 7.73. The average molecular weight is 559 g/mol. The van der Waals surface area contributed by atoms with E-state index in [1.54, 1.807) is 30.3 Å². The van der Waals surface area contributed by atoms with Gasteiger partial charge in [0, 0.05) is 29.0 Å². The van der Waals surface area contributed by atoms with Gasteiger partial charge in [-0.2, -0.15) is 0 Å². The Bertz CT molecular complexity index is 1490. The van der Waals surface area contributed by atoms with Gasteiger partial charge in [0.2, 0.25) is 0 Å². The van der Waals surface area contributed by atoms with E-state index >= 15 is 0 Å². The maximum absolute atomic E-state index is 14.5. The van der Waals surface area contributed by atoms with Crippen LogP contribution >= 0.6 is 23.8 Å². The lowest BCUT2D eigenvalue weighted by Gasteiger charge is -2.16. The summed E-state index contributed by atoms with van der Waals surface area (Å²) >= 11 is 11.6. The van der Waals surface area contributed by atoms with Gasteiger partial charge in [-0.05, 0) is 66.3 Å². The fourth-order valence-corrected chi connectivity index (χ4v) is 4.05. The molecule has 0 aliphatic heterocycles. The van der Waals surface area contributed by atoms with Gasteiger partial charge in [-0.1, -0.05) is 72.3 Å². The predicted molar refractivity (Wildman–Crippen MR) is 158 cm³/mol. The van der Waals surface area contributed by atoms with E-state index in [1.807, 2.05) is 54.6 Å². The topological polar surface area (TPSA) is 82.3 Å². The highest BCUT2D eigenvalue weighted by Crippen LogP contribution is 2.22. The average Bonchev–Trinajstić information content (AvgIpc) is 2.94. The molecule has 0 atom stereocenters. The summed E-state index contributed by atoms with van der Waals surface area (Å²) in [5.41, 5.74) is 2.41. The Morgan fingerprint density at radius 1 is 0.821 bits per heavy atom. The first-order chi connectivity index (χ1) is 18.9. The Balaban J connectivity index is 1.52. The summed E-state index contributed by atoms with van der Waals surface area (Å²) in [4.78, 5) is 26.1. The lowest BCUT2D eigenvalue weighted by atomic mass is 10.1. The highest BCUT2D eigenvalue weighted by molar-refractivity contribution is 7.80. The molecule has 0 unspecified atom stereocenters. The van der Waals surface area contributed by atoms with Crippen molar-refractivity contribution < 1.29 is 14.0 Å². The summed E-state index contributed by atoms with van der Waals surface area (Å²) in [6, 6.07) is 29.4. The zero-order chi connectivity index (χ0) is 27.6. The number of halogens is 2. The molecule has 0 saturated carbocycles. The van der Waals surface area contributed by atoms with Crippen LogP contribution in [0.15, 0.2) is 109 Å². The quantitative estimate of drug-likeness (QED) is 0.149. The molecule has 4 rings (SSSR count). The van der Waals surface area contributed by atoms with Crippen molar-refractivity contribution in [2.24, 2.45) is 0 Å². The van der Waals surface area contributed by atoms with Gasteiger partial charge in [-0.15, -0.1) is 0 Å². The van der Waals surface area contributed by atoms with E-state index in [0.717, 1.165) is 11.3 Å². The van der Waals surface area contributed by atoms with Crippen LogP contribution in [0.3, 0.4) is 0 Å². The predicted octanol–water partition coefficient (Wildman–Crippen LogP) is 6.38. The molecule has 4 aromatic rings. The first-order valence-corrected chi connectivity index (χ1v) is 12.7. The minimum atomic E-state index is -0.629. The van der Waals surface area contributed by atoms with Crippen LogP contribution in [-0.4, -0.2) is 16.9 Å². The maximum Gasteiger partial charge on any atom is 0.268 e. The van der Waals surface area contributed by atoms with Crippen LogP contribution in [0, 0.1) is 5.82 Å². The zero-order valence-electron chi connectivity index (χ0n) is 20.6. The Labute approximate surface area is 235 Å². The van der Waals surface area contributed by atoms with Gasteiger partial charge in [-0.3, -0.25) is 9.59 Å². The summed E-state index contributed by atoms with van der Waals surface area (Å²) in [6.07, 6.45) is 1.22. The molecule has 0 aromatic heterocycles. The first-order valence-electron chi connectivity index (χ1n) is 11.9. The van der Waals surface area contributed by atoms with Crippen molar-refractivity contribution in [2.75, 3.05) is 10.6 Å². The molecule has 0 bridgehead atoms. The molecule has 0 aliphatic rings. The fraction of sp³-hybridized carbons (Fsp3) is 0.0333. The lowest BCUT2D eigenvalue weighted by Crippen LogP contribution is -2.35. The van der Waals surface area contributed by atoms with Crippen molar-refractivity contribution in [3.63, 3.8) is 0 Å². The Hall–Kier alpha value is -4.53. The molecule has 2 amide bonds. The standard InChI is InChI=1S/C30H24ClFN4O2S/c31-24-15-9-16-25(32)23(24)18-27(35-28(37)20-10-3-1-4-11-20)29(38)33-19-21-12-7-8-17-26(21)36-30(39)34-22-13-5-2-6-14-22/h1-18H,19H2,(H,33,38)(H,35,37)(H2,34,36,39)/b27-18-. The third-order valence-electron chi connectivity index (χ3n) is 5.55. The number of anilines is 2. The maximum atomic E-state index is 14.5. The summed E-state index contributed by atoms with van der Waals surface area (Å²) in [6.45, 7) is 0.0967. The summed E-state index contributed by atoms with van der Waals surface area (Å²) in [5.74, 6) is -1.78. The van der Waals surface area contributed by atoms with Crippen molar-refractivity contribution in [1.29, 1.82) is 0 Å². The van der Waals surface area contributed by atoms with E-state index in [4.69, 9.17) is 23.8 Å². The fourth-order valence-electron chi connectivity index (χ4n) is 3.61. The smallest absolute Gasteiger partial charge is 0.268 e. The van der Waals surface area contributed by atoms with Crippen LogP contribution in [0.5, 0.6) is 0 Å². The number of nitrogens with one attached hydrogen (secondary N) is 4. The van der Waals surface area contributed by atoms with Gasteiger partial charge < -0.3 is 21.3 Å². The second kappa shape index (κ2) is 13.3. The van der Waals surface area contributed by atoms with E-state index in [2.05, 4.69) is 21.3 Å². The van der Waals surface area contributed by atoms with Crippen LogP contribution in [0.2, 0.25) is 5.02 Å². The van der Waals surface area contributed by atoms with Gasteiger partial charge in [0.25, 0.3) is 11.8 Å². The molecular weight excluding hydrogens is 535 g/mol. The summed E-state index contributed by atoms with van der Waals surface area (Å²) in [7, 11) is 0. The molecule has 39 heavy (non-hydrogen) atoms. The molecule has 0 saturated heterocycles. The van der Waals surface area contributed by atoms with Gasteiger partial charge in [-0.25, -0.2) is 4.39 Å². The molecule has 0 spiro atoms. The molecule has 0 aliphatic carbocycles. The molecule has 0 heterocycles. The minimum Gasteiger partial charge on any atom is -0.347 e. The van der Waals surface area contributed by atoms with Gasteiger partial charge in [0.15, 0.2) is 5.11 Å². The number of benzene rings is 4.